The normalized spacial score (nSPS) is 20.8. The van der Waals surface area contributed by atoms with Gasteiger partial charge in [0.2, 0.25) is 0 Å². The van der Waals surface area contributed by atoms with Crippen LogP contribution in [0, 0.1) is 12.8 Å². The van der Waals surface area contributed by atoms with Crippen LogP contribution in [0.15, 0.2) is 16.6 Å². The van der Waals surface area contributed by atoms with Crippen molar-refractivity contribution in [2.75, 3.05) is 13.1 Å². The Morgan fingerprint density at radius 2 is 2.33 bits per heavy atom. The molecule has 1 aromatic carbocycles. The molecule has 2 nitrogen and oxygen atoms in total. The van der Waals surface area contributed by atoms with Crippen LogP contribution in [0.4, 0.5) is 0 Å². The topological polar surface area (TPSA) is 32.3 Å². The van der Waals surface area contributed by atoms with Gasteiger partial charge in [-0.15, -0.1) is 0 Å². The van der Waals surface area contributed by atoms with Gasteiger partial charge in [0.25, 0.3) is 0 Å². The van der Waals surface area contributed by atoms with Crippen molar-refractivity contribution in [3.8, 4) is 5.75 Å². The number of halogens is 1. The Bertz CT molecular complexity index is 359. The van der Waals surface area contributed by atoms with Crippen LogP contribution in [0.1, 0.15) is 17.5 Å². The molecule has 2 N–H and O–H groups in total. The molecule has 0 aliphatic carbocycles. The van der Waals surface area contributed by atoms with Gasteiger partial charge in [-0.25, -0.2) is 0 Å². The number of hydrogen-bond donors (Lipinski definition) is 2. The van der Waals surface area contributed by atoms with Crippen LogP contribution in [-0.4, -0.2) is 18.2 Å². The molecular formula is C12H16BrNO. The number of phenols is 1. The molecule has 0 radical (unpaired) electrons. The van der Waals surface area contributed by atoms with Crippen LogP contribution in [0.3, 0.4) is 0 Å². The molecule has 0 saturated carbocycles. The van der Waals surface area contributed by atoms with Crippen LogP contribution in [0.5, 0.6) is 5.75 Å². The summed E-state index contributed by atoms with van der Waals surface area (Å²) in [4.78, 5) is 0. The van der Waals surface area contributed by atoms with E-state index < -0.39 is 0 Å². The van der Waals surface area contributed by atoms with Crippen LogP contribution in [0.25, 0.3) is 0 Å². The summed E-state index contributed by atoms with van der Waals surface area (Å²) < 4.78 is 1.08. The summed E-state index contributed by atoms with van der Waals surface area (Å²) in [7, 11) is 0. The number of aromatic hydroxyl groups is 1. The van der Waals surface area contributed by atoms with Crippen molar-refractivity contribution in [3.63, 3.8) is 0 Å². The van der Waals surface area contributed by atoms with Gasteiger partial charge in [0, 0.05) is 4.47 Å². The molecule has 3 heteroatoms. The van der Waals surface area contributed by atoms with Gasteiger partial charge >= 0.3 is 0 Å². The highest BCUT2D eigenvalue weighted by atomic mass is 79.9. The number of rotatable bonds is 2. The first kappa shape index (κ1) is 11.0. The van der Waals surface area contributed by atoms with E-state index in [0.29, 0.717) is 11.7 Å². The number of aryl methyl sites for hydroxylation is 1. The lowest BCUT2D eigenvalue weighted by Gasteiger charge is -2.11. The minimum atomic E-state index is 0.433. The Hall–Kier alpha value is -0.540. The fourth-order valence-corrected chi connectivity index (χ4v) is 2.46. The zero-order valence-corrected chi connectivity index (χ0v) is 10.5. The Kier molecular flexibility index (Phi) is 3.32. The molecule has 1 saturated heterocycles. The van der Waals surface area contributed by atoms with Gasteiger partial charge in [0.1, 0.15) is 5.75 Å². The lowest BCUT2D eigenvalue weighted by Crippen LogP contribution is -2.10. The fraction of sp³-hybridized carbons (Fsp3) is 0.500. The van der Waals surface area contributed by atoms with E-state index in [0.717, 1.165) is 35.1 Å². The van der Waals surface area contributed by atoms with Gasteiger partial charge in [-0.2, -0.15) is 0 Å². The van der Waals surface area contributed by atoms with Gasteiger partial charge in [-0.05, 0) is 62.0 Å². The lowest BCUT2D eigenvalue weighted by molar-refractivity contribution is 0.458. The van der Waals surface area contributed by atoms with Crippen molar-refractivity contribution in [2.45, 2.75) is 19.8 Å². The molecule has 1 unspecified atom stereocenters. The molecule has 0 amide bonds. The smallest absolute Gasteiger partial charge is 0.119 e. The molecule has 0 bridgehead atoms. The number of hydrogen-bond acceptors (Lipinski definition) is 2. The molecule has 1 aromatic rings. The van der Waals surface area contributed by atoms with E-state index in [2.05, 4.69) is 21.2 Å². The molecule has 0 spiro atoms. The molecule has 2 rings (SSSR count). The number of nitrogens with one attached hydrogen (secondary N) is 1. The number of benzene rings is 1. The summed E-state index contributed by atoms with van der Waals surface area (Å²) in [6.07, 6.45) is 2.18. The van der Waals surface area contributed by atoms with Crippen molar-refractivity contribution in [1.82, 2.24) is 5.32 Å². The summed E-state index contributed by atoms with van der Waals surface area (Å²) in [5, 5.41) is 13.2. The highest BCUT2D eigenvalue weighted by molar-refractivity contribution is 9.10. The van der Waals surface area contributed by atoms with E-state index in [1.54, 1.807) is 0 Å². The predicted molar refractivity (Wildman–Crippen MR) is 65.2 cm³/mol. The van der Waals surface area contributed by atoms with E-state index >= 15 is 0 Å². The molecule has 1 aliphatic heterocycles. The standard InChI is InChI=1S/C12H16BrNO/c1-8-4-12(15)10(6-11(8)13)5-9-2-3-14-7-9/h4,6,9,14-15H,2-3,5,7H2,1H3. The Morgan fingerprint density at radius 3 is 3.00 bits per heavy atom. The number of phenolic OH excluding ortho intramolecular Hbond substituents is 1. The zero-order valence-electron chi connectivity index (χ0n) is 8.89. The maximum atomic E-state index is 9.83. The van der Waals surface area contributed by atoms with E-state index in [-0.39, 0.29) is 0 Å². The van der Waals surface area contributed by atoms with Crippen molar-refractivity contribution in [2.24, 2.45) is 5.92 Å². The van der Waals surface area contributed by atoms with E-state index in [1.807, 2.05) is 19.1 Å². The van der Waals surface area contributed by atoms with Gasteiger partial charge in [0.05, 0.1) is 0 Å². The minimum absolute atomic E-state index is 0.433. The summed E-state index contributed by atoms with van der Waals surface area (Å²) in [6, 6.07) is 3.88. The molecule has 1 aliphatic rings. The summed E-state index contributed by atoms with van der Waals surface area (Å²) in [5.41, 5.74) is 2.14. The van der Waals surface area contributed by atoms with E-state index in [1.165, 1.54) is 6.42 Å². The van der Waals surface area contributed by atoms with Crippen LogP contribution < -0.4 is 5.32 Å². The molecule has 1 atom stereocenters. The highest BCUT2D eigenvalue weighted by Gasteiger charge is 2.17. The molecular weight excluding hydrogens is 254 g/mol. The van der Waals surface area contributed by atoms with Crippen LogP contribution in [0.2, 0.25) is 0 Å². The van der Waals surface area contributed by atoms with Crippen molar-refractivity contribution in [1.29, 1.82) is 0 Å². The van der Waals surface area contributed by atoms with Crippen molar-refractivity contribution >= 4 is 15.9 Å². The minimum Gasteiger partial charge on any atom is -0.508 e. The van der Waals surface area contributed by atoms with Gasteiger partial charge in [-0.3, -0.25) is 0 Å². The molecule has 0 aromatic heterocycles. The monoisotopic (exact) mass is 269 g/mol. The Labute approximate surface area is 98.8 Å². The third-order valence-corrected chi connectivity index (χ3v) is 3.89. The van der Waals surface area contributed by atoms with Crippen LogP contribution in [-0.2, 0) is 6.42 Å². The van der Waals surface area contributed by atoms with Crippen LogP contribution >= 0.6 is 15.9 Å². The average Bonchev–Trinajstić information content (AvgIpc) is 2.67. The SMILES string of the molecule is Cc1cc(O)c(CC2CCNC2)cc1Br. The largest absolute Gasteiger partial charge is 0.508 e. The second-order valence-electron chi connectivity index (χ2n) is 4.29. The average molecular weight is 270 g/mol. The maximum Gasteiger partial charge on any atom is 0.119 e. The molecule has 1 fully saturated rings. The first-order valence-corrected chi connectivity index (χ1v) is 6.15. The Morgan fingerprint density at radius 1 is 1.53 bits per heavy atom. The van der Waals surface area contributed by atoms with Gasteiger partial charge in [-0.1, -0.05) is 15.9 Å². The molecule has 1 heterocycles. The molecule has 82 valence electrons. The second kappa shape index (κ2) is 4.54. The van der Waals surface area contributed by atoms with Gasteiger partial charge in [0.15, 0.2) is 0 Å². The highest BCUT2D eigenvalue weighted by Crippen LogP contribution is 2.28. The maximum absolute atomic E-state index is 9.83. The fourth-order valence-electron chi connectivity index (χ4n) is 2.07. The van der Waals surface area contributed by atoms with Gasteiger partial charge < -0.3 is 10.4 Å². The second-order valence-corrected chi connectivity index (χ2v) is 5.15. The summed E-state index contributed by atoms with van der Waals surface area (Å²) in [6.45, 7) is 4.17. The van der Waals surface area contributed by atoms with Crippen molar-refractivity contribution in [3.05, 3.63) is 27.7 Å². The first-order valence-electron chi connectivity index (χ1n) is 5.35. The van der Waals surface area contributed by atoms with E-state index in [9.17, 15) is 5.11 Å². The third-order valence-electron chi connectivity index (χ3n) is 3.03. The predicted octanol–water partition coefficient (Wildman–Crippen LogP) is 2.62. The van der Waals surface area contributed by atoms with E-state index in [4.69, 9.17) is 0 Å². The zero-order chi connectivity index (χ0) is 10.8. The third kappa shape index (κ3) is 2.52. The Balaban J connectivity index is 2.16. The van der Waals surface area contributed by atoms with Crippen molar-refractivity contribution < 1.29 is 5.11 Å². The first-order chi connectivity index (χ1) is 7.16. The molecule has 15 heavy (non-hydrogen) atoms. The lowest BCUT2D eigenvalue weighted by atomic mass is 9.97. The summed E-state index contributed by atoms with van der Waals surface area (Å²) in [5.74, 6) is 1.10. The summed E-state index contributed by atoms with van der Waals surface area (Å²) >= 11 is 3.50. The quantitative estimate of drug-likeness (QED) is 0.865.